The summed E-state index contributed by atoms with van der Waals surface area (Å²) in [4.78, 5) is 37.0. The number of nitrogens with zero attached hydrogens (tertiary/aromatic N) is 1. The summed E-state index contributed by atoms with van der Waals surface area (Å²) < 4.78 is 0. The number of hydrazine groups is 1. The third kappa shape index (κ3) is 5.67. The smallest absolute Gasteiger partial charge is 0.269 e. The van der Waals surface area contributed by atoms with Crippen LogP contribution in [0.25, 0.3) is 10.8 Å². The van der Waals surface area contributed by atoms with Crippen LogP contribution >= 0.6 is 0 Å². The Morgan fingerprint density at radius 2 is 1.61 bits per heavy atom. The summed E-state index contributed by atoms with van der Waals surface area (Å²) in [5.41, 5.74) is 9.57. The van der Waals surface area contributed by atoms with Crippen LogP contribution < -0.4 is 16.2 Å². The molecule has 8 heteroatoms. The van der Waals surface area contributed by atoms with Gasteiger partial charge in [0.1, 0.15) is 6.04 Å². The Bertz CT molecular complexity index is 1430. The number of nitro benzene ring substituents is 1. The summed E-state index contributed by atoms with van der Waals surface area (Å²) >= 11 is 0. The molecule has 36 heavy (non-hydrogen) atoms. The number of fused-ring (bicyclic) bond motifs is 1. The molecule has 0 heterocycles. The van der Waals surface area contributed by atoms with Crippen molar-refractivity contribution in [3.63, 3.8) is 0 Å². The molecule has 2 amide bonds. The maximum atomic E-state index is 13.3. The first-order valence-electron chi connectivity index (χ1n) is 11.5. The molecule has 0 saturated carbocycles. The largest absolute Gasteiger partial charge is 0.340 e. The number of hydrogen-bond acceptors (Lipinski definition) is 5. The van der Waals surface area contributed by atoms with E-state index in [2.05, 4.69) is 16.2 Å². The summed E-state index contributed by atoms with van der Waals surface area (Å²) in [6.07, 6.45) is 0.148. The first kappa shape index (κ1) is 24.4. The van der Waals surface area contributed by atoms with E-state index in [0.29, 0.717) is 16.8 Å². The molecule has 0 fully saturated rings. The number of non-ortho nitro benzene ring substituents is 1. The van der Waals surface area contributed by atoms with Gasteiger partial charge in [0.05, 0.1) is 10.6 Å². The number of amides is 2. The molecule has 0 unspecified atom stereocenters. The summed E-state index contributed by atoms with van der Waals surface area (Å²) in [5.74, 6) is -0.833. The zero-order valence-corrected chi connectivity index (χ0v) is 19.9. The molecule has 4 aromatic carbocycles. The van der Waals surface area contributed by atoms with E-state index in [9.17, 15) is 19.7 Å². The second-order valence-electron chi connectivity index (χ2n) is 8.59. The standard InChI is InChI=1S/C28H26N4O4/c1-18-10-13-22(16-19(18)2)30-31-28(34)26(17-20-11-14-23(15-12-20)32(35)36)29-27(33)25-9-5-7-21-6-3-4-8-24(21)25/h3-16,26,30H,17H2,1-2H3,(H,29,33)(H,31,34)/t26-/m0/s1. The lowest BCUT2D eigenvalue weighted by Crippen LogP contribution is -2.49. The fraction of sp³-hybridized carbons (Fsp3) is 0.143. The van der Waals surface area contributed by atoms with Crippen molar-refractivity contribution in [2.24, 2.45) is 0 Å². The molecule has 0 aliphatic heterocycles. The van der Waals surface area contributed by atoms with Crippen LogP contribution in [0.2, 0.25) is 0 Å². The fourth-order valence-electron chi connectivity index (χ4n) is 3.90. The third-order valence-electron chi connectivity index (χ3n) is 6.08. The van der Waals surface area contributed by atoms with Crippen LogP contribution in [-0.4, -0.2) is 22.8 Å². The highest BCUT2D eigenvalue weighted by Crippen LogP contribution is 2.19. The van der Waals surface area contributed by atoms with Gasteiger partial charge in [-0.05, 0) is 59.5 Å². The van der Waals surface area contributed by atoms with Crippen molar-refractivity contribution in [1.82, 2.24) is 10.7 Å². The Labute approximate surface area is 208 Å². The van der Waals surface area contributed by atoms with Crippen LogP contribution in [-0.2, 0) is 11.2 Å². The summed E-state index contributed by atoms with van der Waals surface area (Å²) in [6.45, 7) is 3.98. The van der Waals surface area contributed by atoms with Gasteiger partial charge >= 0.3 is 0 Å². The number of hydrogen-bond donors (Lipinski definition) is 3. The quantitative estimate of drug-likeness (QED) is 0.245. The Kier molecular flexibility index (Phi) is 7.25. The van der Waals surface area contributed by atoms with Crippen molar-refractivity contribution in [3.05, 3.63) is 117 Å². The summed E-state index contributed by atoms with van der Waals surface area (Å²) in [7, 11) is 0. The van der Waals surface area contributed by atoms with Crippen LogP contribution in [0, 0.1) is 24.0 Å². The average Bonchev–Trinajstić information content (AvgIpc) is 2.88. The van der Waals surface area contributed by atoms with Crippen LogP contribution in [0.1, 0.15) is 27.0 Å². The molecule has 1 atom stereocenters. The van der Waals surface area contributed by atoms with Crippen molar-refractivity contribution in [1.29, 1.82) is 0 Å². The van der Waals surface area contributed by atoms with Gasteiger partial charge in [0.2, 0.25) is 0 Å². The average molecular weight is 483 g/mol. The second kappa shape index (κ2) is 10.7. The van der Waals surface area contributed by atoms with Gasteiger partial charge in [-0.3, -0.25) is 30.6 Å². The van der Waals surface area contributed by atoms with Crippen LogP contribution in [0.4, 0.5) is 11.4 Å². The van der Waals surface area contributed by atoms with Crippen molar-refractivity contribution in [2.75, 3.05) is 5.43 Å². The van der Waals surface area contributed by atoms with E-state index >= 15 is 0 Å². The molecule has 0 aliphatic carbocycles. The Morgan fingerprint density at radius 3 is 2.33 bits per heavy atom. The van der Waals surface area contributed by atoms with E-state index in [1.54, 1.807) is 24.3 Å². The first-order valence-corrected chi connectivity index (χ1v) is 11.5. The van der Waals surface area contributed by atoms with E-state index in [0.717, 1.165) is 21.9 Å². The number of carbonyl (C=O) groups is 2. The Balaban J connectivity index is 1.56. The van der Waals surface area contributed by atoms with Gasteiger partial charge in [0.15, 0.2) is 0 Å². The normalized spacial score (nSPS) is 11.5. The number of rotatable bonds is 8. The molecular formula is C28H26N4O4. The van der Waals surface area contributed by atoms with E-state index in [-0.39, 0.29) is 18.0 Å². The second-order valence-corrected chi connectivity index (χ2v) is 8.59. The Hall–Kier alpha value is -4.72. The molecule has 0 aliphatic rings. The zero-order chi connectivity index (χ0) is 25.7. The minimum Gasteiger partial charge on any atom is -0.340 e. The molecule has 0 saturated heterocycles. The number of nitrogens with one attached hydrogen (secondary N) is 3. The maximum absolute atomic E-state index is 13.3. The minimum absolute atomic E-state index is 0.0454. The Morgan fingerprint density at radius 1 is 0.889 bits per heavy atom. The van der Waals surface area contributed by atoms with Gasteiger partial charge in [-0.15, -0.1) is 0 Å². The highest BCUT2D eigenvalue weighted by molar-refractivity contribution is 6.08. The van der Waals surface area contributed by atoms with E-state index in [1.807, 2.05) is 62.4 Å². The summed E-state index contributed by atoms with van der Waals surface area (Å²) in [6, 6.07) is 23.7. The van der Waals surface area contributed by atoms with Crippen LogP contribution in [0.3, 0.4) is 0 Å². The van der Waals surface area contributed by atoms with Crippen LogP contribution in [0.15, 0.2) is 84.9 Å². The lowest BCUT2D eigenvalue weighted by molar-refractivity contribution is -0.384. The van der Waals surface area contributed by atoms with Crippen molar-refractivity contribution in [3.8, 4) is 0 Å². The monoisotopic (exact) mass is 482 g/mol. The highest BCUT2D eigenvalue weighted by Gasteiger charge is 2.23. The maximum Gasteiger partial charge on any atom is 0.269 e. The van der Waals surface area contributed by atoms with Gasteiger partial charge in [-0.1, -0.05) is 54.6 Å². The van der Waals surface area contributed by atoms with Crippen molar-refractivity contribution < 1.29 is 14.5 Å². The van der Waals surface area contributed by atoms with Crippen molar-refractivity contribution in [2.45, 2.75) is 26.3 Å². The minimum atomic E-state index is -0.933. The molecule has 4 aromatic rings. The molecule has 0 aromatic heterocycles. The van der Waals surface area contributed by atoms with Gasteiger partial charge in [0, 0.05) is 24.1 Å². The SMILES string of the molecule is Cc1ccc(NNC(=O)[C@H](Cc2ccc([N+](=O)[O-])cc2)NC(=O)c2cccc3ccccc23)cc1C. The number of carbonyl (C=O) groups excluding carboxylic acids is 2. The molecule has 0 radical (unpaired) electrons. The zero-order valence-electron chi connectivity index (χ0n) is 19.9. The van der Waals surface area contributed by atoms with Gasteiger partial charge in [-0.2, -0.15) is 0 Å². The predicted molar refractivity (Wildman–Crippen MR) is 140 cm³/mol. The molecular weight excluding hydrogens is 456 g/mol. The molecule has 0 spiro atoms. The molecule has 8 nitrogen and oxygen atoms in total. The van der Waals surface area contributed by atoms with Crippen molar-refractivity contribution >= 4 is 34.0 Å². The first-order chi connectivity index (χ1) is 17.3. The van der Waals surface area contributed by atoms with Gasteiger partial charge in [-0.25, -0.2) is 0 Å². The lowest BCUT2D eigenvalue weighted by Gasteiger charge is -2.20. The predicted octanol–water partition coefficient (Wildman–Crippen LogP) is 4.85. The molecule has 3 N–H and O–H groups in total. The van der Waals surface area contributed by atoms with Crippen LogP contribution in [0.5, 0.6) is 0 Å². The number of benzene rings is 4. The third-order valence-corrected chi connectivity index (χ3v) is 6.08. The molecule has 182 valence electrons. The summed E-state index contributed by atoms with van der Waals surface area (Å²) in [5, 5.41) is 15.5. The number of aryl methyl sites for hydroxylation is 2. The lowest BCUT2D eigenvalue weighted by atomic mass is 10.0. The number of nitro groups is 1. The highest BCUT2D eigenvalue weighted by atomic mass is 16.6. The molecule has 0 bridgehead atoms. The van der Waals surface area contributed by atoms with E-state index in [4.69, 9.17) is 0 Å². The fourth-order valence-corrected chi connectivity index (χ4v) is 3.90. The van der Waals surface area contributed by atoms with E-state index in [1.165, 1.54) is 12.1 Å². The van der Waals surface area contributed by atoms with E-state index < -0.39 is 16.9 Å². The topological polar surface area (TPSA) is 113 Å². The van der Waals surface area contributed by atoms with Gasteiger partial charge in [0.25, 0.3) is 17.5 Å². The molecule has 4 rings (SSSR count). The van der Waals surface area contributed by atoms with Gasteiger partial charge < -0.3 is 5.32 Å². The number of anilines is 1.